The van der Waals surface area contributed by atoms with Gasteiger partial charge in [-0.2, -0.15) is 0 Å². The summed E-state index contributed by atoms with van der Waals surface area (Å²) < 4.78 is 5.08. The van der Waals surface area contributed by atoms with Crippen LogP contribution < -0.4 is 0 Å². The first kappa shape index (κ1) is 22.2. The summed E-state index contributed by atoms with van der Waals surface area (Å²) in [5.74, 6) is -0.213. The fourth-order valence-corrected chi connectivity index (χ4v) is 4.12. The molecule has 1 fully saturated rings. The zero-order chi connectivity index (χ0) is 21.0. The van der Waals surface area contributed by atoms with Crippen LogP contribution in [0.5, 0.6) is 0 Å². The molecule has 1 heterocycles. The van der Waals surface area contributed by atoms with E-state index in [1.54, 1.807) is 32.6 Å². The number of aromatic amines is 1. The largest absolute Gasteiger partial charge is 0.461 e. The monoisotopic (exact) mass is 390 g/mol. The van der Waals surface area contributed by atoms with Gasteiger partial charge in [-0.25, -0.2) is 4.79 Å². The molecule has 6 nitrogen and oxygen atoms in total. The first-order valence-electron chi connectivity index (χ1n) is 10.4. The second kappa shape index (κ2) is 9.39. The van der Waals surface area contributed by atoms with Gasteiger partial charge in [0.05, 0.1) is 12.6 Å². The van der Waals surface area contributed by atoms with Crippen molar-refractivity contribution >= 4 is 17.7 Å². The van der Waals surface area contributed by atoms with Gasteiger partial charge in [-0.15, -0.1) is 0 Å². The maximum Gasteiger partial charge on any atom is 0.355 e. The third kappa shape index (κ3) is 4.65. The molecule has 0 spiro atoms. The Morgan fingerprint density at radius 2 is 1.75 bits per heavy atom. The maximum absolute atomic E-state index is 13.4. The number of rotatable bonds is 8. The minimum absolute atomic E-state index is 0.0255. The number of amides is 1. The maximum atomic E-state index is 13.4. The number of nitrogens with zero attached hydrogens (tertiary/aromatic N) is 1. The zero-order valence-corrected chi connectivity index (χ0v) is 18.1. The van der Waals surface area contributed by atoms with E-state index in [4.69, 9.17) is 4.74 Å². The number of ketones is 1. The number of H-pyrrole nitrogens is 1. The van der Waals surface area contributed by atoms with Crippen molar-refractivity contribution in [1.29, 1.82) is 0 Å². The highest BCUT2D eigenvalue weighted by Crippen LogP contribution is 2.29. The van der Waals surface area contributed by atoms with Gasteiger partial charge in [-0.1, -0.05) is 26.7 Å². The van der Waals surface area contributed by atoms with Crippen LogP contribution in [0.4, 0.5) is 0 Å². The normalized spacial score (nSPS) is 15.7. The smallest absolute Gasteiger partial charge is 0.355 e. The van der Waals surface area contributed by atoms with Crippen molar-refractivity contribution in [2.75, 3.05) is 13.2 Å². The van der Waals surface area contributed by atoms with Gasteiger partial charge in [0.2, 0.25) is 5.91 Å². The van der Waals surface area contributed by atoms with Crippen LogP contribution in [0.25, 0.3) is 0 Å². The van der Waals surface area contributed by atoms with Crippen molar-refractivity contribution < 1.29 is 19.1 Å². The van der Waals surface area contributed by atoms with E-state index in [1.807, 2.05) is 0 Å². The van der Waals surface area contributed by atoms with Crippen molar-refractivity contribution in [1.82, 2.24) is 9.88 Å². The molecule has 1 aromatic heterocycles. The summed E-state index contributed by atoms with van der Waals surface area (Å²) in [5.41, 5.74) is 2.02. The van der Waals surface area contributed by atoms with E-state index >= 15 is 0 Å². The van der Waals surface area contributed by atoms with Crippen molar-refractivity contribution in [3.63, 3.8) is 0 Å². The Bertz CT molecular complexity index is 729. The van der Waals surface area contributed by atoms with Crippen LogP contribution in [0.1, 0.15) is 85.5 Å². The summed E-state index contributed by atoms with van der Waals surface area (Å²) in [7, 11) is 0. The Kier molecular flexibility index (Phi) is 7.44. The lowest BCUT2D eigenvalue weighted by Crippen LogP contribution is -2.47. The number of esters is 1. The average Bonchev–Trinajstić information content (AvgIpc) is 3.26. The summed E-state index contributed by atoms with van der Waals surface area (Å²) in [4.78, 5) is 43.4. The summed E-state index contributed by atoms with van der Waals surface area (Å²) in [5, 5.41) is 0. The van der Waals surface area contributed by atoms with Gasteiger partial charge >= 0.3 is 5.97 Å². The lowest BCUT2D eigenvalue weighted by Gasteiger charge is -2.32. The minimum atomic E-state index is -0.571. The van der Waals surface area contributed by atoms with E-state index in [9.17, 15) is 14.4 Å². The van der Waals surface area contributed by atoms with Crippen LogP contribution in [-0.4, -0.2) is 46.7 Å². The highest BCUT2D eigenvalue weighted by molar-refractivity contribution is 6.06. The SMILES string of the molecule is CCOC(=O)c1[nH]c(C)c(C(=O)C(C)N(CC(C)C)C(=O)C2CCCC2)c1C. The molecule has 156 valence electrons. The molecule has 1 atom stereocenters. The molecular formula is C22H34N2O4. The van der Waals surface area contributed by atoms with Crippen molar-refractivity contribution in [3.05, 3.63) is 22.5 Å². The van der Waals surface area contributed by atoms with Crippen LogP contribution in [-0.2, 0) is 9.53 Å². The number of Topliss-reactive ketones (excluding diaryl/α,β-unsaturated/α-hetero) is 1. The number of aryl methyl sites for hydroxylation is 1. The Balaban J connectivity index is 2.31. The molecule has 1 saturated carbocycles. The number of carbonyl (C=O) groups is 3. The predicted octanol–water partition coefficient (Wildman–Crippen LogP) is 4.05. The van der Waals surface area contributed by atoms with E-state index in [1.165, 1.54) is 0 Å². The summed E-state index contributed by atoms with van der Waals surface area (Å²) in [6.45, 7) is 12.0. The molecule has 1 amide bonds. The number of ether oxygens (including phenoxy) is 1. The summed E-state index contributed by atoms with van der Waals surface area (Å²) >= 11 is 0. The second-order valence-corrected chi connectivity index (χ2v) is 8.25. The lowest BCUT2D eigenvalue weighted by atomic mass is 9.97. The number of hydrogen-bond donors (Lipinski definition) is 1. The Hall–Kier alpha value is -2.11. The Labute approximate surface area is 168 Å². The third-order valence-corrected chi connectivity index (χ3v) is 5.56. The topological polar surface area (TPSA) is 79.5 Å². The van der Waals surface area contributed by atoms with Gasteiger partial charge in [0, 0.05) is 23.7 Å². The predicted molar refractivity (Wildman–Crippen MR) is 109 cm³/mol. The van der Waals surface area contributed by atoms with Gasteiger partial charge < -0.3 is 14.6 Å². The Morgan fingerprint density at radius 3 is 2.29 bits per heavy atom. The average molecular weight is 391 g/mol. The standard InChI is InChI=1S/C22H34N2O4/c1-7-28-22(27)19-14(4)18(15(5)23-19)20(25)16(6)24(12-13(2)3)21(26)17-10-8-9-11-17/h13,16-17,23H,7-12H2,1-6H3. The quantitative estimate of drug-likeness (QED) is 0.536. The third-order valence-electron chi connectivity index (χ3n) is 5.56. The number of carbonyl (C=O) groups excluding carboxylic acids is 3. The molecule has 2 rings (SSSR count). The van der Waals surface area contributed by atoms with Gasteiger partial charge in [0.15, 0.2) is 5.78 Å². The minimum Gasteiger partial charge on any atom is -0.461 e. The summed E-state index contributed by atoms with van der Waals surface area (Å²) in [6.07, 6.45) is 3.97. The number of hydrogen-bond acceptors (Lipinski definition) is 4. The molecule has 0 aliphatic heterocycles. The molecule has 6 heteroatoms. The van der Waals surface area contributed by atoms with Crippen LogP contribution in [0.2, 0.25) is 0 Å². The van der Waals surface area contributed by atoms with Gasteiger partial charge in [0.25, 0.3) is 0 Å². The second-order valence-electron chi connectivity index (χ2n) is 8.25. The first-order chi connectivity index (χ1) is 13.2. The molecular weight excluding hydrogens is 356 g/mol. The van der Waals surface area contributed by atoms with E-state index < -0.39 is 12.0 Å². The molecule has 28 heavy (non-hydrogen) atoms. The van der Waals surface area contributed by atoms with Gasteiger partial charge in [0.1, 0.15) is 5.69 Å². The number of aromatic nitrogens is 1. The summed E-state index contributed by atoms with van der Waals surface area (Å²) in [6, 6.07) is -0.571. The molecule has 0 bridgehead atoms. The van der Waals surface area contributed by atoms with Gasteiger partial charge in [-0.3, -0.25) is 9.59 Å². The van der Waals surface area contributed by atoms with E-state index in [-0.39, 0.29) is 30.1 Å². The number of nitrogens with one attached hydrogen (secondary N) is 1. The molecule has 0 saturated heterocycles. The molecule has 1 aliphatic rings. The first-order valence-corrected chi connectivity index (χ1v) is 10.4. The zero-order valence-electron chi connectivity index (χ0n) is 18.1. The van der Waals surface area contributed by atoms with E-state index in [0.717, 1.165) is 25.7 Å². The van der Waals surface area contributed by atoms with Crippen LogP contribution in [0.3, 0.4) is 0 Å². The fourth-order valence-electron chi connectivity index (χ4n) is 4.12. The van der Waals surface area contributed by atoms with Crippen molar-refractivity contribution in [2.24, 2.45) is 11.8 Å². The van der Waals surface area contributed by atoms with E-state index in [0.29, 0.717) is 29.1 Å². The molecule has 1 unspecified atom stereocenters. The van der Waals surface area contributed by atoms with Crippen molar-refractivity contribution in [3.8, 4) is 0 Å². The van der Waals surface area contributed by atoms with Gasteiger partial charge in [-0.05, 0) is 52.0 Å². The van der Waals surface area contributed by atoms with Crippen LogP contribution in [0, 0.1) is 25.7 Å². The lowest BCUT2D eigenvalue weighted by molar-refractivity contribution is -0.137. The molecule has 0 aromatic carbocycles. The Morgan fingerprint density at radius 1 is 1.14 bits per heavy atom. The molecule has 1 aliphatic carbocycles. The van der Waals surface area contributed by atoms with Crippen LogP contribution >= 0.6 is 0 Å². The highest BCUT2D eigenvalue weighted by Gasteiger charge is 2.35. The molecule has 1 N–H and O–H groups in total. The molecule has 0 radical (unpaired) electrons. The van der Waals surface area contributed by atoms with Crippen LogP contribution in [0.15, 0.2) is 0 Å². The highest BCUT2D eigenvalue weighted by atomic mass is 16.5. The van der Waals surface area contributed by atoms with Crippen molar-refractivity contribution in [2.45, 2.75) is 73.3 Å². The van der Waals surface area contributed by atoms with E-state index in [2.05, 4.69) is 18.8 Å². The fraction of sp³-hybridized carbons (Fsp3) is 0.682. The molecule has 1 aromatic rings.